The van der Waals surface area contributed by atoms with Crippen molar-refractivity contribution in [3.05, 3.63) is 38.5 Å². The van der Waals surface area contributed by atoms with Gasteiger partial charge in [-0.3, -0.25) is 9.89 Å². The van der Waals surface area contributed by atoms with Crippen LogP contribution in [0.15, 0.2) is 28.7 Å². The largest absolute Gasteiger partial charge is 0.350 e. The van der Waals surface area contributed by atoms with Crippen molar-refractivity contribution in [1.82, 2.24) is 20.1 Å². The van der Waals surface area contributed by atoms with E-state index in [2.05, 4.69) is 49.5 Å². The minimum atomic E-state index is 0.751. The minimum absolute atomic E-state index is 0.751. The van der Waals surface area contributed by atoms with Gasteiger partial charge in [-0.2, -0.15) is 0 Å². The van der Waals surface area contributed by atoms with Crippen molar-refractivity contribution in [3.8, 4) is 0 Å². The van der Waals surface area contributed by atoms with Crippen LogP contribution in [0.4, 0.5) is 0 Å². The van der Waals surface area contributed by atoms with Gasteiger partial charge >= 0.3 is 0 Å². The summed E-state index contributed by atoms with van der Waals surface area (Å²) < 4.78 is 0. The normalized spacial score (nSPS) is 16.8. The Morgan fingerprint density at radius 3 is 2.78 bits per heavy atom. The molecule has 5 nitrogen and oxygen atoms in total. The molecule has 0 aromatic carbocycles. The number of thiophene rings is 1. The quantitative estimate of drug-likeness (QED) is 0.680. The summed E-state index contributed by atoms with van der Waals surface area (Å²) in [6.45, 7) is 8.09. The Morgan fingerprint density at radius 2 is 2.17 bits per heavy atom. The van der Waals surface area contributed by atoms with Crippen molar-refractivity contribution in [3.63, 3.8) is 0 Å². The number of aromatic nitrogens is 1. The van der Waals surface area contributed by atoms with Crippen LogP contribution in [0.1, 0.15) is 14.8 Å². The van der Waals surface area contributed by atoms with Gasteiger partial charge in [0.1, 0.15) is 5.01 Å². The average Bonchev–Trinajstić information content (AvgIpc) is 3.21. The number of rotatable bonds is 4. The molecule has 2 aromatic heterocycles. The molecule has 1 aliphatic rings. The van der Waals surface area contributed by atoms with Crippen LogP contribution in [0.2, 0.25) is 0 Å². The maximum absolute atomic E-state index is 4.43. The standard InChI is InChI=1S/C16H23N5S2/c1-13-10-18-15(23-13)11-19-16(17-2)21-7-5-20(6-8-21)12-14-4-3-9-22-14/h3-4,9-10H,5-8,11-12H2,1-2H3,(H,17,19). The molecule has 2 aromatic rings. The van der Waals surface area contributed by atoms with E-state index in [9.17, 15) is 0 Å². The number of aryl methyl sites for hydroxylation is 1. The van der Waals surface area contributed by atoms with E-state index in [0.717, 1.165) is 50.2 Å². The fraction of sp³-hybridized carbons (Fsp3) is 0.500. The van der Waals surface area contributed by atoms with Crippen molar-refractivity contribution in [2.45, 2.75) is 20.0 Å². The van der Waals surface area contributed by atoms with E-state index >= 15 is 0 Å². The van der Waals surface area contributed by atoms with Gasteiger partial charge in [0.2, 0.25) is 0 Å². The molecule has 0 amide bonds. The Morgan fingerprint density at radius 1 is 1.35 bits per heavy atom. The Balaban J connectivity index is 1.47. The van der Waals surface area contributed by atoms with Crippen molar-refractivity contribution >= 4 is 28.6 Å². The number of thiazole rings is 1. The highest BCUT2D eigenvalue weighted by Crippen LogP contribution is 2.14. The zero-order valence-electron chi connectivity index (χ0n) is 13.7. The van der Waals surface area contributed by atoms with Gasteiger partial charge in [0, 0.05) is 55.7 Å². The van der Waals surface area contributed by atoms with E-state index in [1.807, 2.05) is 24.6 Å². The van der Waals surface area contributed by atoms with Gasteiger partial charge in [0.25, 0.3) is 0 Å². The van der Waals surface area contributed by atoms with Gasteiger partial charge in [-0.05, 0) is 18.4 Å². The van der Waals surface area contributed by atoms with Gasteiger partial charge in [-0.25, -0.2) is 4.98 Å². The number of piperazine rings is 1. The first-order valence-electron chi connectivity index (χ1n) is 7.86. The van der Waals surface area contributed by atoms with Crippen molar-refractivity contribution in [1.29, 1.82) is 0 Å². The van der Waals surface area contributed by atoms with Crippen LogP contribution in [0.5, 0.6) is 0 Å². The molecule has 0 atom stereocenters. The van der Waals surface area contributed by atoms with Gasteiger partial charge in [-0.15, -0.1) is 22.7 Å². The third-order valence-electron chi connectivity index (χ3n) is 3.91. The summed E-state index contributed by atoms with van der Waals surface area (Å²) in [5.74, 6) is 0.980. The second-order valence-corrected chi connectivity index (χ2v) is 7.96. The van der Waals surface area contributed by atoms with Crippen molar-refractivity contribution in [2.75, 3.05) is 33.2 Å². The summed E-state index contributed by atoms with van der Waals surface area (Å²) in [5.41, 5.74) is 0. The molecule has 23 heavy (non-hydrogen) atoms. The summed E-state index contributed by atoms with van der Waals surface area (Å²) in [6, 6.07) is 4.34. The lowest BCUT2D eigenvalue weighted by Gasteiger charge is -2.36. The summed E-state index contributed by atoms with van der Waals surface area (Å²) in [7, 11) is 1.85. The van der Waals surface area contributed by atoms with Gasteiger partial charge < -0.3 is 10.2 Å². The third-order valence-corrected chi connectivity index (χ3v) is 5.68. The first kappa shape index (κ1) is 16.4. The maximum atomic E-state index is 4.43. The van der Waals surface area contributed by atoms with Gasteiger partial charge in [0.15, 0.2) is 5.96 Å². The Hall–Kier alpha value is -1.44. The number of nitrogens with zero attached hydrogens (tertiary/aromatic N) is 4. The molecule has 1 N–H and O–H groups in total. The molecule has 0 radical (unpaired) electrons. The lowest BCUT2D eigenvalue weighted by Crippen LogP contribution is -2.51. The van der Waals surface area contributed by atoms with Crippen LogP contribution in [0.25, 0.3) is 0 Å². The van der Waals surface area contributed by atoms with E-state index in [1.54, 1.807) is 11.3 Å². The molecule has 1 saturated heterocycles. The molecule has 0 unspecified atom stereocenters. The summed E-state index contributed by atoms with van der Waals surface area (Å²) in [6.07, 6.45) is 1.92. The molecule has 124 valence electrons. The Labute approximate surface area is 145 Å². The second kappa shape index (κ2) is 7.90. The molecule has 0 spiro atoms. The molecular formula is C16H23N5S2. The van der Waals surface area contributed by atoms with E-state index in [0.29, 0.717) is 0 Å². The molecule has 0 aliphatic carbocycles. The van der Waals surface area contributed by atoms with E-state index in [4.69, 9.17) is 0 Å². The highest BCUT2D eigenvalue weighted by Gasteiger charge is 2.19. The third kappa shape index (κ3) is 4.53. The number of guanidine groups is 1. The predicted molar refractivity (Wildman–Crippen MR) is 98.2 cm³/mol. The number of nitrogens with one attached hydrogen (secondary N) is 1. The first-order valence-corrected chi connectivity index (χ1v) is 9.56. The zero-order valence-corrected chi connectivity index (χ0v) is 15.3. The molecule has 3 heterocycles. The van der Waals surface area contributed by atoms with Crippen LogP contribution < -0.4 is 5.32 Å². The smallest absolute Gasteiger partial charge is 0.194 e. The van der Waals surface area contributed by atoms with E-state index in [-0.39, 0.29) is 0 Å². The number of aliphatic imine (C=N–C) groups is 1. The minimum Gasteiger partial charge on any atom is -0.350 e. The number of hydrogen-bond acceptors (Lipinski definition) is 5. The SMILES string of the molecule is CN=C(NCc1ncc(C)s1)N1CCN(Cc2cccs2)CC1. The molecule has 0 bridgehead atoms. The molecule has 1 aliphatic heterocycles. The van der Waals surface area contributed by atoms with E-state index < -0.39 is 0 Å². The summed E-state index contributed by atoms with van der Waals surface area (Å²) >= 11 is 3.57. The maximum Gasteiger partial charge on any atom is 0.194 e. The van der Waals surface area contributed by atoms with Gasteiger partial charge in [0.05, 0.1) is 6.54 Å². The van der Waals surface area contributed by atoms with Crippen LogP contribution >= 0.6 is 22.7 Å². The highest BCUT2D eigenvalue weighted by molar-refractivity contribution is 7.11. The lowest BCUT2D eigenvalue weighted by molar-refractivity contribution is 0.173. The predicted octanol–water partition coefficient (Wildman–Crippen LogP) is 2.41. The second-order valence-electron chi connectivity index (χ2n) is 5.61. The van der Waals surface area contributed by atoms with Crippen LogP contribution in [-0.2, 0) is 13.1 Å². The first-order chi connectivity index (χ1) is 11.2. The Bertz CT molecular complexity index is 627. The molecule has 7 heteroatoms. The van der Waals surface area contributed by atoms with Crippen molar-refractivity contribution < 1.29 is 0 Å². The zero-order chi connectivity index (χ0) is 16.1. The summed E-state index contributed by atoms with van der Waals surface area (Å²) in [4.78, 5) is 16.4. The highest BCUT2D eigenvalue weighted by atomic mass is 32.1. The summed E-state index contributed by atoms with van der Waals surface area (Å²) in [5, 5.41) is 6.70. The fourth-order valence-corrected chi connectivity index (χ4v) is 4.18. The Kier molecular flexibility index (Phi) is 5.64. The van der Waals surface area contributed by atoms with Crippen LogP contribution in [0, 0.1) is 6.92 Å². The van der Waals surface area contributed by atoms with Crippen molar-refractivity contribution in [2.24, 2.45) is 4.99 Å². The topological polar surface area (TPSA) is 43.8 Å². The lowest BCUT2D eigenvalue weighted by atomic mass is 10.3. The van der Waals surface area contributed by atoms with Crippen LogP contribution in [0.3, 0.4) is 0 Å². The molecule has 3 rings (SSSR count). The van der Waals surface area contributed by atoms with E-state index in [1.165, 1.54) is 9.75 Å². The van der Waals surface area contributed by atoms with Gasteiger partial charge in [-0.1, -0.05) is 6.07 Å². The molecule has 1 fully saturated rings. The van der Waals surface area contributed by atoms with Crippen LogP contribution in [-0.4, -0.2) is 54.0 Å². The fourth-order valence-electron chi connectivity index (χ4n) is 2.71. The average molecular weight is 350 g/mol. The number of hydrogen-bond donors (Lipinski definition) is 1. The monoisotopic (exact) mass is 349 g/mol. The molecular weight excluding hydrogens is 326 g/mol. The molecule has 0 saturated carbocycles.